The van der Waals surface area contributed by atoms with E-state index in [0.29, 0.717) is 17.1 Å². The summed E-state index contributed by atoms with van der Waals surface area (Å²) in [6, 6.07) is 57.8. The highest BCUT2D eigenvalue weighted by molar-refractivity contribution is 7.99. The van der Waals surface area contributed by atoms with Gasteiger partial charge in [0.1, 0.15) is 0 Å². The molecule has 0 aliphatic heterocycles. The first kappa shape index (κ1) is 44.7. The molecule has 0 saturated heterocycles. The summed E-state index contributed by atoms with van der Waals surface area (Å²) < 4.78 is 101. The molecule has 0 atom stereocenters. The largest absolute Gasteiger partial charge is 0.787 e. The van der Waals surface area contributed by atoms with Gasteiger partial charge in [0.05, 0.1) is 31.8 Å². The molecule has 0 N–H and O–H groups in total. The highest BCUT2D eigenvalue weighted by Crippen LogP contribution is 2.44. The standard InChI is InChI=1S/3C17H13N2O2S.Al/c3*20-22(21,14-8-2-1-3-9-14)19-17-12-5-4-10-15(17)16-11-6-7-13-18-16;/h3*1-13H;/q3*-1;+3. The molecule has 67 heavy (non-hydrogen) atoms. The molecule has 0 spiro atoms. The number of nitrogens with zero attached hydrogens (tertiary/aromatic N) is 6. The van der Waals surface area contributed by atoms with Gasteiger partial charge >= 0.3 is 14.8 Å². The van der Waals surface area contributed by atoms with Gasteiger partial charge in [0.15, 0.2) is 0 Å². The summed E-state index contributed by atoms with van der Waals surface area (Å²) >= 11 is -4.95. The monoisotopic (exact) mass is 954 g/mol. The van der Waals surface area contributed by atoms with Crippen LogP contribution in [0.4, 0.5) is 17.1 Å². The Kier molecular flexibility index (Phi) is 12.8. The molecule has 9 aromatic rings. The second-order valence-corrected chi connectivity index (χ2v) is 23.7. The molecule has 0 bridgehead atoms. The van der Waals surface area contributed by atoms with Crippen LogP contribution < -0.4 is 9.87 Å². The van der Waals surface area contributed by atoms with Crippen LogP contribution in [-0.4, -0.2) is 55.0 Å². The van der Waals surface area contributed by atoms with Crippen LogP contribution in [0.1, 0.15) is 0 Å². The maximum absolute atomic E-state index is 16.3. The van der Waals surface area contributed by atoms with Gasteiger partial charge in [-0.15, -0.1) is 0 Å². The lowest BCUT2D eigenvalue weighted by atomic mass is 10.1. The van der Waals surface area contributed by atoms with Gasteiger partial charge in [-0.3, -0.25) is 15.0 Å². The minimum absolute atomic E-state index is 0.0334. The molecule has 9 rings (SSSR count). The molecule has 0 aliphatic rings. The predicted octanol–water partition coefficient (Wildman–Crippen LogP) is 9.84. The lowest BCUT2D eigenvalue weighted by Crippen LogP contribution is -2.68. The number of hydrogen-bond acceptors (Lipinski definition) is 9. The Morgan fingerprint density at radius 1 is 0.284 bits per heavy atom. The number of rotatable bonds is 15. The van der Waals surface area contributed by atoms with Crippen LogP contribution in [0.3, 0.4) is 0 Å². The summed E-state index contributed by atoms with van der Waals surface area (Å²) in [5.41, 5.74) is 1.78. The maximum atomic E-state index is 16.3. The van der Waals surface area contributed by atoms with Gasteiger partial charge in [-0.1, -0.05) is 127 Å². The molecule has 6 aromatic carbocycles. The quantitative estimate of drug-likeness (QED) is 0.0915. The first-order valence-corrected chi connectivity index (χ1v) is 26.8. The summed E-state index contributed by atoms with van der Waals surface area (Å²) in [5.74, 6) is 0. The number of para-hydroxylation sites is 3. The van der Waals surface area contributed by atoms with Crippen LogP contribution >= 0.6 is 0 Å². The van der Waals surface area contributed by atoms with Crippen molar-refractivity contribution in [3.63, 3.8) is 0 Å². The van der Waals surface area contributed by atoms with Gasteiger partial charge in [-0.25, -0.2) is 25.3 Å². The molecule has 0 saturated carbocycles. The van der Waals surface area contributed by atoms with Crippen molar-refractivity contribution in [2.24, 2.45) is 0 Å². The second kappa shape index (κ2) is 19.2. The van der Waals surface area contributed by atoms with E-state index in [9.17, 15) is 0 Å². The van der Waals surface area contributed by atoms with E-state index in [2.05, 4.69) is 15.0 Å². The third-order valence-corrected chi connectivity index (χ3v) is 21.8. The first-order valence-electron chi connectivity index (χ1n) is 20.9. The van der Waals surface area contributed by atoms with Gasteiger partial charge < -0.3 is 9.87 Å². The van der Waals surface area contributed by atoms with Gasteiger partial charge in [-0.05, 0) is 91.0 Å². The van der Waals surface area contributed by atoms with Crippen LogP contribution in [0.25, 0.3) is 33.8 Å². The van der Waals surface area contributed by atoms with E-state index in [4.69, 9.17) is 0 Å². The van der Waals surface area contributed by atoms with Crippen molar-refractivity contribution in [2.45, 2.75) is 14.7 Å². The summed E-state index contributed by atoms with van der Waals surface area (Å²) in [7, 11) is -15.0. The highest BCUT2D eigenvalue weighted by Gasteiger charge is 2.60. The fourth-order valence-corrected chi connectivity index (χ4v) is 19.5. The van der Waals surface area contributed by atoms with Crippen molar-refractivity contribution in [1.82, 2.24) is 15.0 Å². The zero-order valence-electron chi connectivity index (χ0n) is 35.5. The Balaban J connectivity index is 1.53. The van der Waals surface area contributed by atoms with Gasteiger partial charge in [-0.2, -0.15) is 0 Å². The van der Waals surface area contributed by atoms with Crippen molar-refractivity contribution in [3.05, 3.63) is 237 Å². The molecule has 0 unspecified atom stereocenters. The van der Waals surface area contributed by atoms with Crippen LogP contribution in [-0.2, 0) is 30.1 Å². The van der Waals surface area contributed by atoms with E-state index in [0.717, 1.165) is 9.87 Å². The fourth-order valence-electron chi connectivity index (χ4n) is 7.75. The van der Waals surface area contributed by atoms with E-state index in [1.807, 2.05) is 0 Å². The normalized spacial score (nSPS) is 11.6. The third-order valence-electron chi connectivity index (χ3n) is 10.8. The summed E-state index contributed by atoms with van der Waals surface area (Å²) in [6.45, 7) is 0. The van der Waals surface area contributed by atoms with Crippen molar-refractivity contribution in [2.75, 3.05) is 9.87 Å². The second-order valence-electron chi connectivity index (χ2n) is 14.9. The van der Waals surface area contributed by atoms with Crippen molar-refractivity contribution < 1.29 is 25.3 Å². The molecule has 0 fully saturated rings. The molecule has 0 aliphatic carbocycles. The molecule has 12 nitrogen and oxygen atoms in total. The number of sulfonamides is 3. The number of aromatic nitrogens is 3. The number of pyridine rings is 3. The Hall–Kier alpha value is -7.45. The van der Waals surface area contributed by atoms with Crippen LogP contribution in [0.15, 0.2) is 252 Å². The Morgan fingerprint density at radius 2 is 0.522 bits per heavy atom. The Bertz CT molecular complexity index is 3110. The van der Waals surface area contributed by atoms with Crippen molar-refractivity contribution in [3.8, 4) is 33.8 Å². The van der Waals surface area contributed by atoms with Crippen molar-refractivity contribution in [1.29, 1.82) is 0 Å². The first-order chi connectivity index (χ1) is 32.6. The molecule has 16 heteroatoms. The molecular weight excluding hydrogens is 916 g/mol. The highest BCUT2D eigenvalue weighted by atomic mass is 32.2. The zero-order chi connectivity index (χ0) is 46.4. The predicted molar refractivity (Wildman–Crippen MR) is 263 cm³/mol. The fraction of sp³-hybridized carbons (Fsp3) is 0. The van der Waals surface area contributed by atoms with Crippen LogP contribution in [0.2, 0.25) is 0 Å². The third kappa shape index (κ3) is 8.84. The summed E-state index contributed by atoms with van der Waals surface area (Å²) in [6.07, 6.45) is 4.67. The number of anilines is 3. The van der Waals surface area contributed by atoms with Crippen LogP contribution in [0.5, 0.6) is 0 Å². The zero-order valence-corrected chi connectivity index (χ0v) is 39.1. The topological polar surface area (TPSA) is 151 Å². The average Bonchev–Trinajstić information content (AvgIpc) is 3.38. The molecule has 0 radical (unpaired) electrons. The Morgan fingerprint density at radius 3 is 0.776 bits per heavy atom. The van der Waals surface area contributed by atoms with Gasteiger partial charge in [0, 0.05) is 52.3 Å². The lowest BCUT2D eigenvalue weighted by Gasteiger charge is -2.43. The number of benzene rings is 6. The number of hydrogen-bond donors (Lipinski definition) is 0. The maximum Gasteiger partial charge on any atom is 0.787 e. The van der Waals surface area contributed by atoms with E-state index in [-0.39, 0.29) is 48.4 Å². The van der Waals surface area contributed by atoms with Crippen molar-refractivity contribution >= 4 is 61.9 Å². The Labute approximate surface area is 395 Å². The molecule has 3 aromatic heterocycles. The van der Waals surface area contributed by atoms with Gasteiger partial charge in [0.25, 0.3) is 0 Å². The summed E-state index contributed by atoms with van der Waals surface area (Å²) in [5, 5.41) is 0. The van der Waals surface area contributed by atoms with E-state index < -0.39 is 44.9 Å². The molecule has 330 valence electrons. The molecule has 3 heterocycles. The van der Waals surface area contributed by atoms with E-state index >= 15 is 25.3 Å². The molecule has 0 amide bonds. The van der Waals surface area contributed by atoms with Gasteiger partial charge in [0.2, 0.25) is 30.1 Å². The average molecular weight is 955 g/mol. The lowest BCUT2D eigenvalue weighted by molar-refractivity contribution is 0.596. The van der Waals surface area contributed by atoms with Crippen LogP contribution in [0, 0.1) is 0 Å². The minimum Gasteiger partial charge on any atom is -0.315 e. The van der Waals surface area contributed by atoms with E-state index in [1.165, 1.54) is 36.4 Å². The molecular formula is C51H39AlN6O6S3. The minimum atomic E-state index is -5.01. The summed E-state index contributed by atoms with van der Waals surface area (Å²) in [4.78, 5) is 13.2. The van der Waals surface area contributed by atoms with E-state index in [1.54, 1.807) is 201 Å². The smallest absolute Gasteiger partial charge is 0.315 e. The SMILES string of the molecule is O=S(=O)(c1ccccc1)[N](c1ccccc1-c1ccccn1)[Al]([N](c1ccccc1-c1ccccn1)S(=O)(=O)c1ccccc1)[N](c1ccccc1-c1ccccn1)S(=O)(=O)c1ccccc1.